The largest absolute Gasteiger partial charge is 0.466 e. The van der Waals surface area contributed by atoms with Gasteiger partial charge in [-0.05, 0) is 33.2 Å². The molecule has 1 aliphatic heterocycles. The molecule has 0 aromatic heterocycles. The standard InChI is InChI=1S/C13H25NO3/c1-4-6-11(12(15)17-5-2)13(16)7-9-14(3)10-8-13/h11,16H,4-10H2,1-3H3. The van der Waals surface area contributed by atoms with Crippen LogP contribution in [-0.2, 0) is 9.53 Å². The highest BCUT2D eigenvalue weighted by molar-refractivity contribution is 5.73. The summed E-state index contributed by atoms with van der Waals surface area (Å²) in [5, 5.41) is 10.6. The van der Waals surface area contributed by atoms with Gasteiger partial charge in [0.05, 0.1) is 18.1 Å². The fraction of sp³-hybridized carbons (Fsp3) is 0.923. The van der Waals surface area contributed by atoms with Crippen molar-refractivity contribution in [3.8, 4) is 0 Å². The summed E-state index contributed by atoms with van der Waals surface area (Å²) in [5.41, 5.74) is -0.866. The fourth-order valence-corrected chi connectivity index (χ4v) is 2.49. The van der Waals surface area contributed by atoms with Crippen molar-refractivity contribution in [1.29, 1.82) is 0 Å². The Morgan fingerprint density at radius 3 is 2.47 bits per heavy atom. The molecule has 0 aromatic rings. The molecular weight excluding hydrogens is 218 g/mol. The lowest BCUT2D eigenvalue weighted by Gasteiger charge is -2.40. The average molecular weight is 243 g/mol. The van der Waals surface area contributed by atoms with Crippen LogP contribution in [0, 0.1) is 5.92 Å². The van der Waals surface area contributed by atoms with Crippen molar-refractivity contribution in [2.45, 2.75) is 45.1 Å². The first kappa shape index (κ1) is 14.5. The fourth-order valence-electron chi connectivity index (χ4n) is 2.49. The zero-order valence-corrected chi connectivity index (χ0v) is 11.2. The number of hydrogen-bond acceptors (Lipinski definition) is 4. The third-order valence-electron chi connectivity index (χ3n) is 3.65. The van der Waals surface area contributed by atoms with Crippen LogP contribution in [0.3, 0.4) is 0 Å². The minimum atomic E-state index is -0.866. The molecular formula is C13H25NO3. The number of likely N-dealkylation sites (tertiary alicyclic amines) is 1. The van der Waals surface area contributed by atoms with Crippen molar-refractivity contribution in [2.75, 3.05) is 26.7 Å². The topological polar surface area (TPSA) is 49.8 Å². The Hall–Kier alpha value is -0.610. The Morgan fingerprint density at radius 1 is 1.41 bits per heavy atom. The molecule has 0 amide bonds. The van der Waals surface area contributed by atoms with E-state index in [2.05, 4.69) is 4.90 Å². The Labute approximate surface area is 104 Å². The zero-order chi connectivity index (χ0) is 12.9. The van der Waals surface area contributed by atoms with Crippen molar-refractivity contribution in [1.82, 2.24) is 4.90 Å². The average Bonchev–Trinajstić information content (AvgIpc) is 2.30. The van der Waals surface area contributed by atoms with Crippen LogP contribution in [0.15, 0.2) is 0 Å². The molecule has 1 fully saturated rings. The first-order chi connectivity index (χ1) is 8.03. The van der Waals surface area contributed by atoms with E-state index in [4.69, 9.17) is 4.74 Å². The molecule has 4 heteroatoms. The van der Waals surface area contributed by atoms with Crippen LogP contribution >= 0.6 is 0 Å². The Balaban J connectivity index is 2.71. The maximum absolute atomic E-state index is 11.9. The summed E-state index contributed by atoms with van der Waals surface area (Å²) in [6, 6.07) is 0. The molecule has 1 heterocycles. The van der Waals surface area contributed by atoms with Crippen LogP contribution in [0.2, 0.25) is 0 Å². The smallest absolute Gasteiger partial charge is 0.311 e. The summed E-state index contributed by atoms with van der Waals surface area (Å²) in [6.45, 7) is 5.91. The van der Waals surface area contributed by atoms with E-state index in [1.165, 1.54) is 0 Å². The normalized spacial score (nSPS) is 22.1. The third-order valence-corrected chi connectivity index (χ3v) is 3.65. The minimum Gasteiger partial charge on any atom is -0.466 e. The van der Waals surface area contributed by atoms with E-state index in [0.717, 1.165) is 19.5 Å². The number of rotatable bonds is 5. The van der Waals surface area contributed by atoms with Gasteiger partial charge in [0, 0.05) is 13.1 Å². The molecule has 4 nitrogen and oxygen atoms in total. The molecule has 1 atom stereocenters. The van der Waals surface area contributed by atoms with Gasteiger partial charge in [-0.1, -0.05) is 13.3 Å². The second-order valence-corrected chi connectivity index (χ2v) is 5.00. The van der Waals surface area contributed by atoms with Gasteiger partial charge in [-0.15, -0.1) is 0 Å². The van der Waals surface area contributed by atoms with E-state index in [-0.39, 0.29) is 11.9 Å². The van der Waals surface area contributed by atoms with Crippen LogP contribution < -0.4 is 0 Å². The molecule has 17 heavy (non-hydrogen) atoms. The number of piperidine rings is 1. The molecule has 100 valence electrons. The van der Waals surface area contributed by atoms with E-state index >= 15 is 0 Å². The Morgan fingerprint density at radius 2 is 2.00 bits per heavy atom. The number of esters is 1. The highest BCUT2D eigenvalue weighted by Gasteiger charge is 2.43. The number of carbonyl (C=O) groups excluding carboxylic acids is 1. The molecule has 0 aromatic carbocycles. The van der Waals surface area contributed by atoms with Gasteiger partial charge in [-0.2, -0.15) is 0 Å². The van der Waals surface area contributed by atoms with Gasteiger partial charge in [0.15, 0.2) is 0 Å². The molecule has 0 radical (unpaired) electrons. The first-order valence-corrected chi connectivity index (χ1v) is 6.61. The van der Waals surface area contributed by atoms with Crippen LogP contribution in [0.1, 0.15) is 39.5 Å². The van der Waals surface area contributed by atoms with Gasteiger partial charge >= 0.3 is 5.97 Å². The number of aliphatic hydroxyl groups is 1. The highest BCUT2D eigenvalue weighted by atomic mass is 16.5. The van der Waals surface area contributed by atoms with Crippen molar-refractivity contribution in [3.05, 3.63) is 0 Å². The molecule has 0 aliphatic carbocycles. The van der Waals surface area contributed by atoms with Crippen LogP contribution in [-0.4, -0.2) is 48.3 Å². The quantitative estimate of drug-likeness (QED) is 0.742. The monoisotopic (exact) mass is 243 g/mol. The SMILES string of the molecule is CCCC(C(=O)OCC)C1(O)CCN(C)CC1. The molecule has 1 aliphatic rings. The molecule has 0 spiro atoms. The summed E-state index contributed by atoms with van der Waals surface area (Å²) in [5.74, 6) is -0.595. The lowest BCUT2D eigenvalue weighted by Crippen LogP contribution is -2.50. The molecule has 1 saturated heterocycles. The number of carbonyl (C=O) groups is 1. The van der Waals surface area contributed by atoms with Gasteiger partial charge in [0.2, 0.25) is 0 Å². The Kier molecular flexibility index (Phi) is 5.40. The third kappa shape index (κ3) is 3.68. The van der Waals surface area contributed by atoms with Gasteiger partial charge < -0.3 is 14.7 Å². The molecule has 0 bridgehead atoms. The maximum Gasteiger partial charge on any atom is 0.311 e. The van der Waals surface area contributed by atoms with E-state index in [1.54, 1.807) is 6.92 Å². The molecule has 1 unspecified atom stereocenters. The molecule has 0 saturated carbocycles. The summed E-state index contributed by atoms with van der Waals surface area (Å²) in [4.78, 5) is 14.1. The van der Waals surface area contributed by atoms with Crippen molar-refractivity contribution < 1.29 is 14.6 Å². The number of hydrogen-bond donors (Lipinski definition) is 1. The summed E-state index contributed by atoms with van der Waals surface area (Å²) in [7, 11) is 2.04. The van der Waals surface area contributed by atoms with Gasteiger partial charge in [-0.3, -0.25) is 4.79 Å². The number of nitrogens with zero attached hydrogens (tertiary/aromatic N) is 1. The summed E-state index contributed by atoms with van der Waals surface area (Å²) >= 11 is 0. The van der Waals surface area contributed by atoms with Crippen molar-refractivity contribution >= 4 is 5.97 Å². The van der Waals surface area contributed by atoms with E-state index in [1.807, 2.05) is 14.0 Å². The lowest BCUT2D eigenvalue weighted by atomic mass is 9.77. The van der Waals surface area contributed by atoms with Gasteiger partial charge in [0.1, 0.15) is 0 Å². The Bertz CT molecular complexity index is 247. The van der Waals surface area contributed by atoms with Crippen molar-refractivity contribution in [3.63, 3.8) is 0 Å². The second-order valence-electron chi connectivity index (χ2n) is 5.00. The lowest BCUT2D eigenvalue weighted by molar-refractivity contribution is -0.162. The number of ether oxygens (including phenoxy) is 1. The van der Waals surface area contributed by atoms with Crippen LogP contribution in [0.25, 0.3) is 0 Å². The molecule has 1 N–H and O–H groups in total. The predicted molar refractivity (Wildman–Crippen MR) is 66.7 cm³/mol. The predicted octanol–water partition coefficient (Wildman–Crippen LogP) is 1.42. The summed E-state index contributed by atoms with van der Waals surface area (Å²) < 4.78 is 5.09. The van der Waals surface area contributed by atoms with Crippen molar-refractivity contribution in [2.24, 2.45) is 5.92 Å². The van der Waals surface area contributed by atoms with E-state index < -0.39 is 5.60 Å². The van der Waals surface area contributed by atoms with Crippen LogP contribution in [0.4, 0.5) is 0 Å². The van der Waals surface area contributed by atoms with Gasteiger partial charge in [-0.25, -0.2) is 0 Å². The first-order valence-electron chi connectivity index (χ1n) is 6.61. The minimum absolute atomic E-state index is 0.235. The molecule has 1 rings (SSSR count). The van der Waals surface area contributed by atoms with E-state index in [9.17, 15) is 9.90 Å². The van der Waals surface area contributed by atoms with Gasteiger partial charge in [0.25, 0.3) is 0 Å². The summed E-state index contributed by atoms with van der Waals surface area (Å²) in [6.07, 6.45) is 2.92. The maximum atomic E-state index is 11.9. The van der Waals surface area contributed by atoms with Crippen LogP contribution in [0.5, 0.6) is 0 Å². The second kappa shape index (κ2) is 6.36. The zero-order valence-electron chi connectivity index (χ0n) is 11.2. The highest BCUT2D eigenvalue weighted by Crippen LogP contribution is 2.33. The van der Waals surface area contributed by atoms with E-state index in [0.29, 0.717) is 25.9 Å².